The molecular weight excluding hydrogens is 342 g/mol. The fourth-order valence-corrected chi connectivity index (χ4v) is 3.59. The summed E-state index contributed by atoms with van der Waals surface area (Å²) in [6.07, 6.45) is 0. The number of sulfonamides is 1. The summed E-state index contributed by atoms with van der Waals surface area (Å²) in [5.41, 5.74) is 1.15. The first kappa shape index (κ1) is 14.9. The standard InChI is InChI=1S/C14H14BrNO3S/c1-10-6-7-11(15)8-14(10)20(17,18)16-12-4-3-5-13(9-12)19-2/h3-9,16H,1-2H3. The number of halogens is 1. The lowest BCUT2D eigenvalue weighted by Gasteiger charge is -2.11. The quantitative estimate of drug-likeness (QED) is 0.911. The molecule has 0 aromatic heterocycles. The van der Waals surface area contributed by atoms with Gasteiger partial charge in [-0.25, -0.2) is 8.42 Å². The lowest BCUT2D eigenvalue weighted by atomic mass is 10.2. The first-order chi connectivity index (χ1) is 9.42. The minimum absolute atomic E-state index is 0.245. The number of nitrogens with one attached hydrogen (secondary N) is 1. The van der Waals surface area contributed by atoms with E-state index in [-0.39, 0.29) is 4.90 Å². The number of benzene rings is 2. The monoisotopic (exact) mass is 355 g/mol. The van der Waals surface area contributed by atoms with Crippen molar-refractivity contribution in [1.82, 2.24) is 0 Å². The summed E-state index contributed by atoms with van der Waals surface area (Å²) < 4.78 is 33.1. The summed E-state index contributed by atoms with van der Waals surface area (Å²) in [5, 5.41) is 0. The molecule has 0 aliphatic rings. The zero-order chi connectivity index (χ0) is 14.8. The number of methoxy groups -OCH3 is 1. The number of hydrogen-bond donors (Lipinski definition) is 1. The third-order valence-electron chi connectivity index (χ3n) is 2.76. The Morgan fingerprint density at radius 2 is 1.90 bits per heavy atom. The zero-order valence-corrected chi connectivity index (χ0v) is 13.5. The van der Waals surface area contributed by atoms with Crippen molar-refractivity contribution >= 4 is 31.6 Å². The van der Waals surface area contributed by atoms with Gasteiger partial charge < -0.3 is 4.74 Å². The van der Waals surface area contributed by atoms with E-state index in [0.29, 0.717) is 21.5 Å². The number of aryl methyl sites for hydroxylation is 1. The molecule has 20 heavy (non-hydrogen) atoms. The highest BCUT2D eigenvalue weighted by atomic mass is 79.9. The number of ether oxygens (including phenoxy) is 1. The van der Waals surface area contributed by atoms with Crippen molar-refractivity contribution in [3.8, 4) is 5.75 Å². The Hall–Kier alpha value is -1.53. The van der Waals surface area contributed by atoms with Gasteiger partial charge in [-0.2, -0.15) is 0 Å². The first-order valence-corrected chi connectivity index (χ1v) is 8.13. The maximum atomic E-state index is 12.4. The second-order valence-corrected chi connectivity index (χ2v) is 6.81. The van der Waals surface area contributed by atoms with Crippen molar-refractivity contribution in [2.24, 2.45) is 0 Å². The van der Waals surface area contributed by atoms with Gasteiger partial charge in [-0.15, -0.1) is 0 Å². The van der Waals surface area contributed by atoms with E-state index in [4.69, 9.17) is 4.74 Å². The molecule has 0 heterocycles. The molecular formula is C14H14BrNO3S. The van der Waals surface area contributed by atoms with Crippen LogP contribution in [0.2, 0.25) is 0 Å². The van der Waals surface area contributed by atoms with Crippen LogP contribution in [0.5, 0.6) is 5.75 Å². The molecule has 0 aliphatic carbocycles. The van der Waals surface area contributed by atoms with Crippen LogP contribution in [0, 0.1) is 6.92 Å². The van der Waals surface area contributed by atoms with Crippen LogP contribution in [0.15, 0.2) is 51.8 Å². The van der Waals surface area contributed by atoms with Gasteiger partial charge in [-0.3, -0.25) is 4.72 Å². The van der Waals surface area contributed by atoms with E-state index < -0.39 is 10.0 Å². The minimum Gasteiger partial charge on any atom is -0.497 e. The smallest absolute Gasteiger partial charge is 0.262 e. The van der Waals surface area contributed by atoms with Gasteiger partial charge in [0.15, 0.2) is 0 Å². The van der Waals surface area contributed by atoms with Crippen LogP contribution >= 0.6 is 15.9 Å². The van der Waals surface area contributed by atoms with Gasteiger partial charge in [-0.05, 0) is 36.8 Å². The molecule has 0 saturated carbocycles. The van der Waals surface area contributed by atoms with Crippen LogP contribution in [-0.2, 0) is 10.0 Å². The molecule has 0 radical (unpaired) electrons. The summed E-state index contributed by atoms with van der Waals surface area (Å²) in [6, 6.07) is 11.9. The third-order valence-corrected chi connectivity index (χ3v) is 4.78. The summed E-state index contributed by atoms with van der Waals surface area (Å²) >= 11 is 3.28. The van der Waals surface area contributed by atoms with Crippen LogP contribution < -0.4 is 9.46 Å². The first-order valence-electron chi connectivity index (χ1n) is 5.85. The van der Waals surface area contributed by atoms with Crippen LogP contribution in [0.4, 0.5) is 5.69 Å². The zero-order valence-electron chi connectivity index (χ0n) is 11.1. The Labute approximate surface area is 127 Å². The average Bonchev–Trinajstić information content (AvgIpc) is 2.41. The highest BCUT2D eigenvalue weighted by Crippen LogP contribution is 2.24. The summed E-state index contributed by atoms with van der Waals surface area (Å²) in [5.74, 6) is 0.594. The van der Waals surface area contributed by atoms with Crippen molar-refractivity contribution in [2.45, 2.75) is 11.8 Å². The Morgan fingerprint density at radius 3 is 2.60 bits per heavy atom. The predicted molar refractivity (Wildman–Crippen MR) is 82.7 cm³/mol. The second-order valence-electron chi connectivity index (χ2n) is 4.25. The molecule has 2 aromatic rings. The maximum Gasteiger partial charge on any atom is 0.262 e. The van der Waals surface area contributed by atoms with Gasteiger partial charge in [0.2, 0.25) is 0 Å². The van der Waals surface area contributed by atoms with Crippen molar-refractivity contribution in [3.05, 3.63) is 52.5 Å². The summed E-state index contributed by atoms with van der Waals surface area (Å²) in [7, 11) is -2.09. The summed E-state index contributed by atoms with van der Waals surface area (Å²) in [4.78, 5) is 0.245. The molecule has 1 N–H and O–H groups in total. The van der Waals surface area contributed by atoms with Crippen LogP contribution in [-0.4, -0.2) is 15.5 Å². The molecule has 0 aliphatic heterocycles. The van der Waals surface area contributed by atoms with Gasteiger partial charge in [0.1, 0.15) is 5.75 Å². The fourth-order valence-electron chi connectivity index (χ4n) is 1.76. The van der Waals surface area contributed by atoms with Crippen LogP contribution in [0.1, 0.15) is 5.56 Å². The van der Waals surface area contributed by atoms with Crippen molar-refractivity contribution < 1.29 is 13.2 Å². The highest BCUT2D eigenvalue weighted by Gasteiger charge is 2.17. The van der Waals surface area contributed by atoms with E-state index in [2.05, 4.69) is 20.7 Å². The molecule has 0 atom stereocenters. The summed E-state index contributed by atoms with van der Waals surface area (Å²) in [6.45, 7) is 1.76. The molecule has 0 spiro atoms. The SMILES string of the molecule is COc1cccc(NS(=O)(=O)c2cc(Br)ccc2C)c1. The van der Waals surface area contributed by atoms with Crippen LogP contribution in [0.3, 0.4) is 0 Å². The Balaban J connectivity index is 2.38. The van der Waals surface area contributed by atoms with Gasteiger partial charge in [0.25, 0.3) is 10.0 Å². The third kappa shape index (κ3) is 3.32. The number of hydrogen-bond acceptors (Lipinski definition) is 3. The van der Waals surface area contributed by atoms with Crippen molar-refractivity contribution in [3.63, 3.8) is 0 Å². The average molecular weight is 356 g/mol. The van der Waals surface area contributed by atoms with E-state index in [1.54, 1.807) is 49.4 Å². The molecule has 0 saturated heterocycles. The highest BCUT2D eigenvalue weighted by molar-refractivity contribution is 9.10. The van der Waals surface area contributed by atoms with E-state index in [9.17, 15) is 8.42 Å². The largest absolute Gasteiger partial charge is 0.497 e. The molecule has 6 heteroatoms. The van der Waals surface area contributed by atoms with Gasteiger partial charge >= 0.3 is 0 Å². The molecule has 106 valence electrons. The lowest BCUT2D eigenvalue weighted by Crippen LogP contribution is -2.14. The van der Waals surface area contributed by atoms with E-state index >= 15 is 0 Å². The molecule has 2 rings (SSSR count). The van der Waals surface area contributed by atoms with Crippen molar-refractivity contribution in [2.75, 3.05) is 11.8 Å². The van der Waals surface area contributed by atoms with Crippen LogP contribution in [0.25, 0.3) is 0 Å². The molecule has 0 unspecified atom stereocenters. The van der Waals surface area contributed by atoms with Crippen molar-refractivity contribution in [1.29, 1.82) is 0 Å². The second kappa shape index (κ2) is 5.85. The number of anilines is 1. The molecule has 0 bridgehead atoms. The molecule has 0 amide bonds. The Morgan fingerprint density at radius 1 is 1.15 bits per heavy atom. The van der Waals surface area contributed by atoms with E-state index in [1.165, 1.54) is 7.11 Å². The topological polar surface area (TPSA) is 55.4 Å². The molecule has 4 nitrogen and oxygen atoms in total. The van der Waals surface area contributed by atoms with Gasteiger partial charge in [-0.1, -0.05) is 28.1 Å². The predicted octanol–water partition coefficient (Wildman–Crippen LogP) is 3.57. The molecule has 0 fully saturated rings. The lowest BCUT2D eigenvalue weighted by molar-refractivity contribution is 0.415. The Kier molecular flexibility index (Phi) is 4.35. The Bertz CT molecular complexity index is 729. The normalized spacial score (nSPS) is 11.2. The van der Waals surface area contributed by atoms with E-state index in [1.807, 2.05) is 0 Å². The van der Waals surface area contributed by atoms with Gasteiger partial charge in [0.05, 0.1) is 17.7 Å². The maximum absolute atomic E-state index is 12.4. The van der Waals surface area contributed by atoms with Gasteiger partial charge in [0, 0.05) is 10.5 Å². The molecule has 2 aromatic carbocycles. The minimum atomic E-state index is -3.63. The number of rotatable bonds is 4. The van der Waals surface area contributed by atoms with E-state index in [0.717, 1.165) is 0 Å². The fraction of sp³-hybridized carbons (Fsp3) is 0.143.